The van der Waals surface area contributed by atoms with Gasteiger partial charge in [0.1, 0.15) is 5.65 Å². The zero-order valence-electron chi connectivity index (χ0n) is 10.1. The van der Waals surface area contributed by atoms with Crippen molar-refractivity contribution in [1.29, 1.82) is 0 Å². The molecule has 90 valence electrons. The van der Waals surface area contributed by atoms with Gasteiger partial charge in [-0.25, -0.2) is 4.98 Å². The molecule has 4 rings (SSSR count). The quantitative estimate of drug-likeness (QED) is 0.478. The van der Waals surface area contributed by atoms with Gasteiger partial charge in [-0.15, -0.1) is 0 Å². The minimum Gasteiger partial charge on any atom is -0.268 e. The fraction of sp³-hybridized carbons (Fsp3) is 0. The molecule has 0 radical (unpaired) electrons. The van der Waals surface area contributed by atoms with E-state index in [2.05, 4.69) is 4.98 Å². The molecule has 0 N–H and O–H groups in total. The van der Waals surface area contributed by atoms with Gasteiger partial charge in [0.15, 0.2) is 0 Å². The van der Waals surface area contributed by atoms with E-state index in [9.17, 15) is 4.79 Å². The highest BCUT2D eigenvalue weighted by Gasteiger charge is 2.08. The second kappa shape index (κ2) is 3.65. The minimum atomic E-state index is -0.0122. The number of hydrogen-bond acceptors (Lipinski definition) is 2. The lowest BCUT2D eigenvalue weighted by atomic mass is 10.2. The molecule has 0 fully saturated rings. The molecule has 0 aliphatic rings. The maximum Gasteiger partial charge on any atom is 0.266 e. The highest BCUT2D eigenvalue weighted by atomic mass is 16.1. The number of para-hydroxylation sites is 1. The molecule has 3 nitrogen and oxygen atoms in total. The molecular formula is C16H10N2O. The van der Waals surface area contributed by atoms with Crippen LogP contribution in [0.25, 0.3) is 27.5 Å². The van der Waals surface area contributed by atoms with Crippen LogP contribution >= 0.6 is 0 Å². The summed E-state index contributed by atoms with van der Waals surface area (Å²) in [7, 11) is 0. The average molecular weight is 246 g/mol. The predicted octanol–water partition coefficient (Wildman–Crippen LogP) is 3.00. The lowest BCUT2D eigenvalue weighted by Gasteiger charge is -1.98. The zero-order chi connectivity index (χ0) is 12.8. The summed E-state index contributed by atoms with van der Waals surface area (Å²) in [6, 6.07) is 19.2. The third-order valence-corrected chi connectivity index (χ3v) is 3.38. The summed E-state index contributed by atoms with van der Waals surface area (Å²) in [6.45, 7) is 0. The van der Waals surface area contributed by atoms with E-state index in [0.29, 0.717) is 11.0 Å². The Morgan fingerprint density at radius 2 is 1.68 bits per heavy atom. The first-order valence-electron chi connectivity index (χ1n) is 6.14. The van der Waals surface area contributed by atoms with Crippen LogP contribution in [-0.4, -0.2) is 9.38 Å². The lowest BCUT2D eigenvalue weighted by molar-refractivity contribution is 1.15. The first-order chi connectivity index (χ1) is 9.34. The summed E-state index contributed by atoms with van der Waals surface area (Å²) in [6.07, 6.45) is 0. The largest absolute Gasteiger partial charge is 0.268 e. The topological polar surface area (TPSA) is 34.4 Å². The number of hydrogen-bond donors (Lipinski definition) is 0. The van der Waals surface area contributed by atoms with Gasteiger partial charge in [0.2, 0.25) is 0 Å². The Labute approximate surface area is 108 Å². The molecule has 0 amide bonds. The summed E-state index contributed by atoms with van der Waals surface area (Å²) < 4.78 is 1.68. The Balaban J connectivity index is 2.37. The molecule has 0 spiro atoms. The lowest BCUT2D eigenvalue weighted by Crippen LogP contribution is -2.13. The molecule has 0 bridgehead atoms. The standard InChI is InChI=1S/C16H10N2O/c19-16-12-7-4-5-8-13(12)17-15-10-11-6-2-1-3-9-14(11)18(15)16/h1-10H. The molecular weight excluding hydrogens is 236 g/mol. The monoisotopic (exact) mass is 246 g/mol. The number of nitrogens with zero attached hydrogens (tertiary/aromatic N) is 2. The van der Waals surface area contributed by atoms with Crippen molar-refractivity contribution >= 4 is 27.5 Å². The number of rotatable bonds is 0. The second-order valence-corrected chi connectivity index (χ2v) is 4.52. The van der Waals surface area contributed by atoms with E-state index in [1.54, 1.807) is 4.40 Å². The van der Waals surface area contributed by atoms with Crippen LogP contribution < -0.4 is 5.56 Å². The van der Waals surface area contributed by atoms with Crippen LogP contribution in [-0.2, 0) is 0 Å². The van der Waals surface area contributed by atoms with Crippen LogP contribution in [0.4, 0.5) is 0 Å². The number of benzene rings is 1. The first kappa shape index (κ1) is 10.3. The Morgan fingerprint density at radius 3 is 2.63 bits per heavy atom. The van der Waals surface area contributed by atoms with Crippen molar-refractivity contribution in [3.05, 3.63) is 71.0 Å². The van der Waals surface area contributed by atoms with E-state index in [1.165, 1.54) is 0 Å². The van der Waals surface area contributed by atoms with Gasteiger partial charge < -0.3 is 0 Å². The summed E-state index contributed by atoms with van der Waals surface area (Å²) in [4.78, 5) is 17.1. The molecule has 0 unspecified atom stereocenters. The van der Waals surface area contributed by atoms with Gasteiger partial charge in [-0.3, -0.25) is 9.20 Å². The summed E-state index contributed by atoms with van der Waals surface area (Å²) in [5.74, 6) is 0. The van der Waals surface area contributed by atoms with Gasteiger partial charge in [-0.2, -0.15) is 0 Å². The van der Waals surface area contributed by atoms with Crippen molar-refractivity contribution in [2.45, 2.75) is 0 Å². The molecule has 0 aliphatic carbocycles. The highest BCUT2D eigenvalue weighted by molar-refractivity contribution is 5.89. The van der Waals surface area contributed by atoms with Crippen molar-refractivity contribution in [3.63, 3.8) is 0 Å². The van der Waals surface area contributed by atoms with Crippen LogP contribution in [0.5, 0.6) is 0 Å². The van der Waals surface area contributed by atoms with Crippen molar-refractivity contribution in [2.24, 2.45) is 0 Å². The predicted molar refractivity (Wildman–Crippen MR) is 76.5 cm³/mol. The second-order valence-electron chi connectivity index (χ2n) is 4.52. The average Bonchev–Trinajstić information content (AvgIpc) is 2.62. The molecule has 3 heteroatoms. The molecule has 0 aliphatic heterocycles. The van der Waals surface area contributed by atoms with E-state index in [0.717, 1.165) is 16.4 Å². The first-order valence-corrected chi connectivity index (χ1v) is 6.14. The van der Waals surface area contributed by atoms with Crippen LogP contribution in [0.1, 0.15) is 0 Å². The molecule has 2 aromatic carbocycles. The van der Waals surface area contributed by atoms with Crippen molar-refractivity contribution in [1.82, 2.24) is 9.38 Å². The maximum absolute atomic E-state index is 12.6. The van der Waals surface area contributed by atoms with E-state index in [4.69, 9.17) is 0 Å². The molecule has 19 heavy (non-hydrogen) atoms. The third kappa shape index (κ3) is 1.38. The van der Waals surface area contributed by atoms with Crippen molar-refractivity contribution in [2.75, 3.05) is 0 Å². The maximum atomic E-state index is 12.6. The summed E-state index contributed by atoms with van der Waals surface area (Å²) >= 11 is 0. The van der Waals surface area contributed by atoms with Gasteiger partial charge in [-0.05, 0) is 24.3 Å². The smallest absolute Gasteiger partial charge is 0.266 e. The summed E-state index contributed by atoms with van der Waals surface area (Å²) in [5, 5.41) is 1.67. The van der Waals surface area contributed by atoms with Gasteiger partial charge in [0.05, 0.1) is 16.4 Å². The van der Waals surface area contributed by atoms with Gasteiger partial charge in [0.25, 0.3) is 5.56 Å². The third-order valence-electron chi connectivity index (χ3n) is 3.38. The fourth-order valence-electron chi connectivity index (χ4n) is 2.50. The summed E-state index contributed by atoms with van der Waals surface area (Å²) in [5.41, 5.74) is 2.32. The minimum absolute atomic E-state index is 0.0122. The molecule has 4 aromatic rings. The fourth-order valence-corrected chi connectivity index (χ4v) is 2.50. The van der Waals surface area contributed by atoms with E-state index >= 15 is 0 Å². The Kier molecular flexibility index (Phi) is 1.97. The van der Waals surface area contributed by atoms with Crippen LogP contribution in [0.15, 0.2) is 65.5 Å². The van der Waals surface area contributed by atoms with Gasteiger partial charge in [0, 0.05) is 5.39 Å². The van der Waals surface area contributed by atoms with Crippen LogP contribution in [0.2, 0.25) is 0 Å². The molecule has 0 saturated carbocycles. The molecule has 0 atom stereocenters. The Bertz CT molecular complexity index is 986. The van der Waals surface area contributed by atoms with E-state index < -0.39 is 0 Å². The highest BCUT2D eigenvalue weighted by Crippen LogP contribution is 2.18. The van der Waals surface area contributed by atoms with Gasteiger partial charge >= 0.3 is 0 Å². The molecule has 2 heterocycles. The van der Waals surface area contributed by atoms with Crippen molar-refractivity contribution < 1.29 is 0 Å². The van der Waals surface area contributed by atoms with Crippen molar-refractivity contribution in [3.8, 4) is 0 Å². The van der Waals surface area contributed by atoms with Crippen LogP contribution in [0, 0.1) is 0 Å². The number of fused-ring (bicyclic) bond motifs is 4. The zero-order valence-corrected chi connectivity index (χ0v) is 10.1. The SMILES string of the molecule is O=c1c2ccccc2nc2cc3cccccc3n12. The van der Waals surface area contributed by atoms with Crippen LogP contribution in [0.3, 0.4) is 0 Å². The van der Waals surface area contributed by atoms with Gasteiger partial charge in [-0.1, -0.05) is 36.4 Å². The molecule has 2 aromatic heterocycles. The molecule has 0 saturated heterocycles. The van der Waals surface area contributed by atoms with E-state index in [1.807, 2.05) is 60.7 Å². The van der Waals surface area contributed by atoms with E-state index in [-0.39, 0.29) is 5.56 Å². The Hall–Kier alpha value is -2.68. The number of aromatic nitrogens is 2. The normalized spacial score (nSPS) is 11.4. The Morgan fingerprint density at radius 1 is 0.895 bits per heavy atom.